The summed E-state index contributed by atoms with van der Waals surface area (Å²) in [6.45, 7) is 5.21. The fraction of sp³-hybridized carbons (Fsp3) is 0.417. The van der Waals surface area contributed by atoms with Crippen LogP contribution in [0.2, 0.25) is 0 Å². The number of hydrogen-bond donors (Lipinski definition) is 2. The molecule has 1 amide bonds. The van der Waals surface area contributed by atoms with Gasteiger partial charge in [-0.05, 0) is 32.4 Å². The van der Waals surface area contributed by atoms with Crippen LogP contribution in [-0.4, -0.2) is 17.4 Å². The predicted octanol–water partition coefficient (Wildman–Crippen LogP) is 1.30. The molecule has 0 saturated carbocycles. The van der Waals surface area contributed by atoms with Gasteiger partial charge in [0.25, 0.3) is 5.69 Å². The molecular formula is C12H17N3O4. The van der Waals surface area contributed by atoms with Crippen LogP contribution >= 0.6 is 0 Å². The van der Waals surface area contributed by atoms with Crippen molar-refractivity contribution >= 4 is 11.6 Å². The summed E-state index contributed by atoms with van der Waals surface area (Å²) in [5.74, 6) is 5.24. The van der Waals surface area contributed by atoms with Crippen molar-refractivity contribution in [1.29, 1.82) is 0 Å². The van der Waals surface area contributed by atoms with Gasteiger partial charge in [-0.1, -0.05) is 0 Å². The lowest BCUT2D eigenvalue weighted by Gasteiger charge is -2.22. The van der Waals surface area contributed by atoms with Gasteiger partial charge in [-0.25, -0.2) is 5.84 Å². The molecule has 104 valence electrons. The molecule has 0 aromatic heterocycles. The van der Waals surface area contributed by atoms with E-state index in [9.17, 15) is 14.9 Å². The van der Waals surface area contributed by atoms with Crippen molar-refractivity contribution in [3.8, 4) is 5.75 Å². The average Bonchev–Trinajstić information content (AvgIpc) is 2.36. The summed E-state index contributed by atoms with van der Waals surface area (Å²) < 4.78 is 5.52. The lowest BCUT2D eigenvalue weighted by molar-refractivity contribution is -0.384. The zero-order valence-electron chi connectivity index (χ0n) is 11.1. The van der Waals surface area contributed by atoms with Crippen LogP contribution in [0.4, 0.5) is 5.69 Å². The highest BCUT2D eigenvalue weighted by Gasteiger charge is 2.28. The monoisotopic (exact) mass is 267 g/mol. The Bertz CT molecular complexity index is 500. The number of nitro benzene ring substituents is 1. The van der Waals surface area contributed by atoms with E-state index in [0.717, 1.165) is 0 Å². The molecule has 0 spiro atoms. The summed E-state index contributed by atoms with van der Waals surface area (Å²) in [6, 6.07) is 4.30. The molecule has 19 heavy (non-hydrogen) atoms. The summed E-state index contributed by atoms with van der Waals surface area (Å²) in [5, 5.41) is 10.6. The SMILES string of the molecule is Cc1cc([N+](=O)[O-])ccc1OCC(C)(C)C(=O)NN. The molecule has 0 atom stereocenters. The molecule has 0 radical (unpaired) electrons. The van der Waals surface area contributed by atoms with E-state index in [2.05, 4.69) is 5.43 Å². The van der Waals surface area contributed by atoms with Gasteiger partial charge >= 0.3 is 0 Å². The molecule has 1 aromatic carbocycles. The number of carbonyl (C=O) groups is 1. The maximum absolute atomic E-state index is 11.5. The second-order valence-electron chi connectivity index (χ2n) is 4.85. The molecule has 1 aromatic rings. The largest absolute Gasteiger partial charge is 0.492 e. The van der Waals surface area contributed by atoms with E-state index in [0.29, 0.717) is 11.3 Å². The van der Waals surface area contributed by atoms with Crippen LogP contribution in [0.25, 0.3) is 0 Å². The summed E-state index contributed by atoms with van der Waals surface area (Å²) in [7, 11) is 0. The second kappa shape index (κ2) is 5.66. The highest BCUT2D eigenvalue weighted by atomic mass is 16.6. The molecule has 0 bridgehead atoms. The van der Waals surface area contributed by atoms with Gasteiger partial charge in [-0.2, -0.15) is 0 Å². The number of hydrogen-bond acceptors (Lipinski definition) is 5. The molecule has 0 saturated heterocycles. The Morgan fingerprint density at radius 2 is 2.16 bits per heavy atom. The van der Waals surface area contributed by atoms with E-state index in [4.69, 9.17) is 10.6 Å². The van der Waals surface area contributed by atoms with E-state index in [1.165, 1.54) is 18.2 Å². The zero-order chi connectivity index (χ0) is 14.6. The minimum Gasteiger partial charge on any atom is -0.492 e. The number of nitrogens with one attached hydrogen (secondary N) is 1. The smallest absolute Gasteiger partial charge is 0.269 e. The fourth-order valence-electron chi connectivity index (χ4n) is 1.43. The number of amides is 1. The van der Waals surface area contributed by atoms with Crippen molar-refractivity contribution in [3.05, 3.63) is 33.9 Å². The van der Waals surface area contributed by atoms with Crippen molar-refractivity contribution in [2.75, 3.05) is 6.61 Å². The predicted molar refractivity (Wildman–Crippen MR) is 69.4 cm³/mol. The zero-order valence-corrected chi connectivity index (χ0v) is 11.1. The van der Waals surface area contributed by atoms with E-state index >= 15 is 0 Å². The van der Waals surface area contributed by atoms with E-state index in [-0.39, 0.29) is 18.2 Å². The quantitative estimate of drug-likeness (QED) is 0.362. The number of nitrogens with zero attached hydrogens (tertiary/aromatic N) is 1. The highest BCUT2D eigenvalue weighted by molar-refractivity contribution is 5.81. The number of ether oxygens (including phenoxy) is 1. The number of nitrogens with two attached hydrogens (primary N) is 1. The van der Waals surface area contributed by atoms with Gasteiger partial charge in [0.15, 0.2) is 0 Å². The summed E-state index contributed by atoms with van der Waals surface area (Å²) in [6.07, 6.45) is 0. The number of non-ortho nitro benzene ring substituents is 1. The number of rotatable bonds is 5. The summed E-state index contributed by atoms with van der Waals surface area (Å²) in [5.41, 5.74) is 1.92. The maximum Gasteiger partial charge on any atom is 0.269 e. The number of hydrazine groups is 1. The minimum absolute atomic E-state index is 0.00353. The topological polar surface area (TPSA) is 107 Å². The van der Waals surface area contributed by atoms with Crippen LogP contribution in [0, 0.1) is 22.5 Å². The first-order valence-corrected chi connectivity index (χ1v) is 5.67. The van der Waals surface area contributed by atoms with Crippen LogP contribution in [0.1, 0.15) is 19.4 Å². The van der Waals surface area contributed by atoms with Crippen molar-refractivity contribution in [3.63, 3.8) is 0 Å². The fourth-order valence-corrected chi connectivity index (χ4v) is 1.43. The Morgan fingerprint density at radius 3 is 2.63 bits per heavy atom. The van der Waals surface area contributed by atoms with Gasteiger partial charge in [0.05, 0.1) is 10.3 Å². The van der Waals surface area contributed by atoms with E-state index in [1.807, 2.05) is 0 Å². The van der Waals surface area contributed by atoms with E-state index in [1.54, 1.807) is 20.8 Å². The molecule has 0 fully saturated rings. The van der Waals surface area contributed by atoms with Crippen molar-refractivity contribution in [2.45, 2.75) is 20.8 Å². The number of aryl methyl sites for hydroxylation is 1. The Morgan fingerprint density at radius 1 is 1.53 bits per heavy atom. The van der Waals surface area contributed by atoms with E-state index < -0.39 is 10.3 Å². The first-order valence-electron chi connectivity index (χ1n) is 5.67. The first kappa shape index (κ1) is 14.9. The van der Waals surface area contributed by atoms with Crippen LogP contribution in [-0.2, 0) is 4.79 Å². The molecule has 0 unspecified atom stereocenters. The molecule has 0 aliphatic carbocycles. The minimum atomic E-state index is -0.789. The molecular weight excluding hydrogens is 250 g/mol. The molecule has 7 heteroatoms. The van der Waals surface area contributed by atoms with Gasteiger partial charge in [-0.15, -0.1) is 0 Å². The Balaban J connectivity index is 2.79. The first-order chi connectivity index (χ1) is 8.77. The third-order valence-electron chi connectivity index (χ3n) is 2.70. The van der Waals surface area contributed by atoms with Gasteiger partial charge in [-0.3, -0.25) is 20.3 Å². The third kappa shape index (κ3) is 3.65. The molecule has 0 aliphatic rings. The van der Waals surface area contributed by atoms with Gasteiger partial charge in [0.1, 0.15) is 12.4 Å². The normalized spacial score (nSPS) is 10.9. The van der Waals surface area contributed by atoms with Crippen LogP contribution in [0.3, 0.4) is 0 Å². The van der Waals surface area contributed by atoms with Crippen molar-refractivity contribution < 1.29 is 14.5 Å². The molecule has 7 nitrogen and oxygen atoms in total. The van der Waals surface area contributed by atoms with Gasteiger partial charge in [0, 0.05) is 12.1 Å². The molecule has 0 heterocycles. The number of carbonyl (C=O) groups excluding carboxylic acids is 1. The Kier molecular flexibility index (Phi) is 4.44. The average molecular weight is 267 g/mol. The molecule has 1 rings (SSSR count). The van der Waals surface area contributed by atoms with Crippen molar-refractivity contribution in [1.82, 2.24) is 5.43 Å². The standard InChI is InChI=1S/C12H17N3O4/c1-8-6-9(15(17)18)4-5-10(8)19-7-12(2,3)11(16)14-13/h4-6H,7,13H2,1-3H3,(H,14,16). The van der Waals surface area contributed by atoms with Crippen molar-refractivity contribution in [2.24, 2.45) is 11.3 Å². The number of nitro groups is 1. The highest BCUT2D eigenvalue weighted by Crippen LogP contribution is 2.25. The molecule has 3 N–H and O–H groups in total. The third-order valence-corrected chi connectivity index (χ3v) is 2.70. The van der Waals surface area contributed by atoms with Gasteiger partial charge in [0.2, 0.25) is 5.91 Å². The lowest BCUT2D eigenvalue weighted by atomic mass is 9.94. The van der Waals surface area contributed by atoms with Crippen LogP contribution in [0.5, 0.6) is 5.75 Å². The van der Waals surface area contributed by atoms with Crippen LogP contribution in [0.15, 0.2) is 18.2 Å². The Hall–Kier alpha value is -2.15. The van der Waals surface area contributed by atoms with Gasteiger partial charge < -0.3 is 4.74 Å². The summed E-state index contributed by atoms with van der Waals surface area (Å²) in [4.78, 5) is 21.6. The molecule has 0 aliphatic heterocycles. The lowest BCUT2D eigenvalue weighted by Crippen LogP contribution is -2.44. The second-order valence-corrected chi connectivity index (χ2v) is 4.85. The number of benzene rings is 1. The van der Waals surface area contributed by atoms with Crippen LogP contribution < -0.4 is 16.0 Å². The Labute approximate surface area is 110 Å². The maximum atomic E-state index is 11.5. The summed E-state index contributed by atoms with van der Waals surface area (Å²) >= 11 is 0.